The number of carbonyl (C=O) groups excluding carboxylic acids is 1. The van der Waals surface area contributed by atoms with Gasteiger partial charge in [0, 0.05) is 18.2 Å². The molecule has 4 heteroatoms. The molecule has 0 fully saturated rings. The lowest BCUT2D eigenvalue weighted by molar-refractivity contribution is -0.116. The minimum Gasteiger partial charge on any atom is -0.326 e. The zero-order chi connectivity index (χ0) is 15.0. The van der Waals surface area contributed by atoms with Gasteiger partial charge in [0.15, 0.2) is 0 Å². The molecule has 1 atom stereocenters. The number of carbonyl (C=O) groups is 1. The van der Waals surface area contributed by atoms with Gasteiger partial charge < -0.3 is 10.2 Å². The smallest absolute Gasteiger partial charge is 0.224 e. The Kier molecular flexibility index (Phi) is 6.75. The predicted octanol–water partition coefficient (Wildman–Crippen LogP) is 3.01. The van der Waals surface area contributed by atoms with Gasteiger partial charge in [0.05, 0.1) is 11.6 Å². The van der Waals surface area contributed by atoms with Gasteiger partial charge in [-0.25, -0.2) is 0 Å². The second kappa shape index (κ2) is 8.34. The summed E-state index contributed by atoms with van der Waals surface area (Å²) in [5.74, 6) is -0.00218. The average molecular weight is 273 g/mol. The van der Waals surface area contributed by atoms with Crippen LogP contribution in [0.3, 0.4) is 0 Å². The summed E-state index contributed by atoms with van der Waals surface area (Å²) >= 11 is 0. The van der Waals surface area contributed by atoms with Crippen LogP contribution in [-0.2, 0) is 4.79 Å². The first kappa shape index (κ1) is 16.2. The van der Waals surface area contributed by atoms with Crippen LogP contribution in [0, 0.1) is 11.3 Å². The summed E-state index contributed by atoms with van der Waals surface area (Å²) in [5.41, 5.74) is 1.24. The lowest BCUT2D eigenvalue weighted by atomic mass is 10.2. The monoisotopic (exact) mass is 273 g/mol. The Morgan fingerprint density at radius 3 is 2.90 bits per heavy atom. The molecule has 0 saturated heterocycles. The highest BCUT2D eigenvalue weighted by Crippen LogP contribution is 2.10. The Morgan fingerprint density at radius 2 is 2.25 bits per heavy atom. The number of amides is 1. The maximum absolute atomic E-state index is 11.8. The Morgan fingerprint density at radius 1 is 1.50 bits per heavy atom. The van der Waals surface area contributed by atoms with Crippen LogP contribution < -0.4 is 5.32 Å². The molecule has 1 amide bonds. The third kappa shape index (κ3) is 5.41. The number of benzene rings is 1. The van der Waals surface area contributed by atoms with E-state index in [4.69, 9.17) is 5.26 Å². The van der Waals surface area contributed by atoms with Gasteiger partial charge in [0.1, 0.15) is 0 Å². The highest BCUT2D eigenvalue weighted by molar-refractivity contribution is 5.90. The second-order valence-electron chi connectivity index (χ2n) is 5.08. The highest BCUT2D eigenvalue weighted by Gasteiger charge is 2.08. The van der Waals surface area contributed by atoms with Crippen LogP contribution in [0.5, 0.6) is 0 Å². The van der Waals surface area contributed by atoms with Crippen molar-refractivity contribution in [3.05, 3.63) is 29.8 Å². The van der Waals surface area contributed by atoms with Crippen LogP contribution in [0.25, 0.3) is 0 Å². The number of anilines is 1. The van der Waals surface area contributed by atoms with Crippen molar-refractivity contribution in [3.63, 3.8) is 0 Å². The SMILES string of the molecule is CCC(C)N(C)CCCC(=O)Nc1cccc(C#N)c1. The van der Waals surface area contributed by atoms with Crippen molar-refractivity contribution < 1.29 is 4.79 Å². The number of nitrogens with one attached hydrogen (secondary N) is 1. The first-order valence-corrected chi connectivity index (χ1v) is 7.07. The third-order valence-electron chi connectivity index (χ3n) is 3.53. The Hall–Kier alpha value is -1.86. The number of rotatable bonds is 7. The van der Waals surface area contributed by atoms with Crippen molar-refractivity contribution in [2.24, 2.45) is 0 Å². The third-order valence-corrected chi connectivity index (χ3v) is 3.53. The van der Waals surface area contributed by atoms with E-state index in [1.165, 1.54) is 0 Å². The molecule has 1 rings (SSSR count). The van der Waals surface area contributed by atoms with Crippen LogP contribution in [-0.4, -0.2) is 30.4 Å². The summed E-state index contributed by atoms with van der Waals surface area (Å²) in [7, 11) is 2.09. The number of hydrogen-bond donors (Lipinski definition) is 1. The predicted molar refractivity (Wildman–Crippen MR) is 81.4 cm³/mol. The minimum absolute atomic E-state index is 0.00218. The second-order valence-corrected chi connectivity index (χ2v) is 5.08. The van der Waals surface area contributed by atoms with Gasteiger partial charge in [-0.3, -0.25) is 4.79 Å². The van der Waals surface area contributed by atoms with E-state index in [0.717, 1.165) is 19.4 Å². The van der Waals surface area contributed by atoms with Crippen molar-refractivity contribution >= 4 is 11.6 Å². The number of hydrogen-bond acceptors (Lipinski definition) is 3. The molecular formula is C16H23N3O. The van der Waals surface area contributed by atoms with Gasteiger partial charge in [-0.1, -0.05) is 13.0 Å². The molecule has 20 heavy (non-hydrogen) atoms. The molecule has 0 aliphatic heterocycles. The van der Waals surface area contributed by atoms with E-state index in [1.54, 1.807) is 24.3 Å². The molecular weight excluding hydrogens is 250 g/mol. The average Bonchev–Trinajstić information content (AvgIpc) is 2.46. The van der Waals surface area contributed by atoms with Crippen LogP contribution >= 0.6 is 0 Å². The van der Waals surface area contributed by atoms with Crippen LogP contribution in [0.4, 0.5) is 5.69 Å². The molecule has 0 saturated carbocycles. The maximum Gasteiger partial charge on any atom is 0.224 e. The van der Waals surface area contributed by atoms with Crippen LogP contribution in [0.1, 0.15) is 38.7 Å². The largest absolute Gasteiger partial charge is 0.326 e. The Bertz CT molecular complexity index is 479. The Labute approximate surface area is 121 Å². The van der Waals surface area contributed by atoms with E-state index in [9.17, 15) is 4.79 Å². The summed E-state index contributed by atoms with van der Waals surface area (Å²) in [4.78, 5) is 14.1. The van der Waals surface area contributed by atoms with Gasteiger partial charge >= 0.3 is 0 Å². The summed E-state index contributed by atoms with van der Waals surface area (Å²) < 4.78 is 0. The molecule has 1 N–H and O–H groups in total. The standard InChI is InChI=1S/C16H23N3O/c1-4-13(2)19(3)10-6-9-16(20)18-15-8-5-7-14(11-15)12-17/h5,7-8,11,13H,4,6,9-10H2,1-3H3,(H,18,20). The molecule has 4 nitrogen and oxygen atoms in total. The van der Waals surface area contributed by atoms with Crippen molar-refractivity contribution in [1.82, 2.24) is 4.90 Å². The molecule has 1 aromatic rings. The van der Waals surface area contributed by atoms with Crippen LogP contribution in [0.2, 0.25) is 0 Å². The van der Waals surface area contributed by atoms with E-state index >= 15 is 0 Å². The normalized spacial score (nSPS) is 11.9. The van der Waals surface area contributed by atoms with Gasteiger partial charge in [-0.05, 0) is 51.6 Å². The minimum atomic E-state index is -0.00218. The fourth-order valence-corrected chi connectivity index (χ4v) is 1.91. The maximum atomic E-state index is 11.8. The topological polar surface area (TPSA) is 56.1 Å². The fourth-order valence-electron chi connectivity index (χ4n) is 1.91. The van der Waals surface area contributed by atoms with E-state index in [0.29, 0.717) is 23.7 Å². The van der Waals surface area contributed by atoms with Crippen molar-refractivity contribution in [2.45, 2.75) is 39.2 Å². The molecule has 108 valence electrons. The molecule has 0 spiro atoms. The zero-order valence-corrected chi connectivity index (χ0v) is 12.5. The molecule has 0 radical (unpaired) electrons. The zero-order valence-electron chi connectivity index (χ0n) is 12.5. The van der Waals surface area contributed by atoms with E-state index in [2.05, 4.69) is 37.2 Å². The lowest BCUT2D eigenvalue weighted by Crippen LogP contribution is -2.29. The summed E-state index contributed by atoms with van der Waals surface area (Å²) in [6.45, 7) is 5.27. The van der Waals surface area contributed by atoms with Gasteiger partial charge in [-0.2, -0.15) is 5.26 Å². The fraction of sp³-hybridized carbons (Fsp3) is 0.500. The van der Waals surface area contributed by atoms with Gasteiger partial charge in [-0.15, -0.1) is 0 Å². The molecule has 0 aromatic heterocycles. The summed E-state index contributed by atoms with van der Waals surface area (Å²) in [6, 6.07) is 9.57. The van der Waals surface area contributed by atoms with Crippen LogP contribution in [0.15, 0.2) is 24.3 Å². The van der Waals surface area contributed by atoms with Crippen molar-refractivity contribution in [2.75, 3.05) is 18.9 Å². The number of nitriles is 1. The molecule has 1 aromatic carbocycles. The first-order chi connectivity index (χ1) is 9.56. The van der Waals surface area contributed by atoms with Gasteiger partial charge in [0.25, 0.3) is 0 Å². The van der Waals surface area contributed by atoms with E-state index in [-0.39, 0.29) is 5.91 Å². The summed E-state index contributed by atoms with van der Waals surface area (Å²) in [5, 5.41) is 11.6. The molecule has 0 bridgehead atoms. The van der Waals surface area contributed by atoms with E-state index in [1.807, 2.05) is 0 Å². The van der Waals surface area contributed by atoms with Crippen molar-refractivity contribution in [3.8, 4) is 6.07 Å². The van der Waals surface area contributed by atoms with E-state index < -0.39 is 0 Å². The van der Waals surface area contributed by atoms with Gasteiger partial charge in [0.2, 0.25) is 5.91 Å². The molecule has 0 aliphatic carbocycles. The molecule has 1 unspecified atom stereocenters. The molecule has 0 aliphatic rings. The first-order valence-electron chi connectivity index (χ1n) is 7.07. The lowest BCUT2D eigenvalue weighted by Gasteiger charge is -2.23. The van der Waals surface area contributed by atoms with Crippen molar-refractivity contribution in [1.29, 1.82) is 5.26 Å². The Balaban J connectivity index is 2.35. The quantitative estimate of drug-likeness (QED) is 0.831. The number of nitrogens with zero attached hydrogens (tertiary/aromatic N) is 2. The molecule has 0 heterocycles. The highest BCUT2D eigenvalue weighted by atomic mass is 16.1. The summed E-state index contributed by atoms with van der Waals surface area (Å²) in [6.07, 6.45) is 2.45.